The molecule has 0 spiro atoms. The molecule has 0 aromatic heterocycles. The van der Waals surface area contributed by atoms with Gasteiger partial charge in [0.1, 0.15) is 0 Å². The molecule has 4 atom stereocenters. The zero-order chi connectivity index (χ0) is 25.9. The van der Waals surface area contributed by atoms with Crippen molar-refractivity contribution in [1.29, 1.82) is 0 Å². The van der Waals surface area contributed by atoms with Gasteiger partial charge in [-0.2, -0.15) is 0 Å². The first-order valence-electron chi connectivity index (χ1n) is 13.4. The van der Waals surface area contributed by atoms with Crippen LogP contribution in [0.1, 0.15) is 94.4 Å². The molecule has 2 rings (SSSR count). The normalized spacial score (nSPS) is 29.0. The van der Waals surface area contributed by atoms with E-state index >= 15 is 0 Å². The SMILES string of the molecule is C#C[C@@]1(C)CCC(C(=O)OCC)(C(=O)OCC)[C@H]2CCC[C@H](O[Si](C(C)C)(C(C)C)C(C)C)[C@H]21. The van der Waals surface area contributed by atoms with Crippen molar-refractivity contribution in [2.45, 2.75) is 117 Å². The fourth-order valence-electron chi connectivity index (χ4n) is 7.45. The largest absolute Gasteiger partial charge is 0.465 e. The van der Waals surface area contributed by atoms with E-state index in [9.17, 15) is 9.59 Å². The number of hydrogen-bond acceptors (Lipinski definition) is 5. The zero-order valence-electron chi connectivity index (χ0n) is 23.0. The smallest absolute Gasteiger partial charge is 0.323 e. The van der Waals surface area contributed by atoms with Gasteiger partial charge in [0.2, 0.25) is 8.32 Å². The molecule has 0 saturated heterocycles. The van der Waals surface area contributed by atoms with Gasteiger partial charge in [-0.15, -0.1) is 6.42 Å². The second-order valence-electron chi connectivity index (χ2n) is 11.5. The molecule has 0 heterocycles. The second-order valence-corrected chi connectivity index (χ2v) is 16.9. The highest BCUT2D eigenvalue weighted by Crippen LogP contribution is 2.60. The van der Waals surface area contributed by atoms with Crippen LogP contribution in [0.2, 0.25) is 16.6 Å². The molecule has 194 valence electrons. The Kier molecular flexibility index (Phi) is 9.49. The predicted molar refractivity (Wildman–Crippen MR) is 139 cm³/mol. The molecule has 0 aromatic carbocycles. The highest BCUT2D eigenvalue weighted by atomic mass is 28.4. The van der Waals surface area contributed by atoms with Crippen molar-refractivity contribution in [3.05, 3.63) is 0 Å². The Bertz CT molecular complexity index is 727. The first-order valence-corrected chi connectivity index (χ1v) is 15.5. The van der Waals surface area contributed by atoms with Crippen LogP contribution in [0.4, 0.5) is 0 Å². The van der Waals surface area contributed by atoms with Crippen molar-refractivity contribution in [2.24, 2.45) is 22.7 Å². The molecule has 2 aliphatic rings. The molecule has 0 N–H and O–H groups in total. The van der Waals surface area contributed by atoms with Gasteiger partial charge in [-0.05, 0) is 69.0 Å². The number of hydrogen-bond donors (Lipinski definition) is 0. The summed E-state index contributed by atoms with van der Waals surface area (Å²) in [7, 11) is -2.20. The van der Waals surface area contributed by atoms with E-state index in [-0.39, 0.29) is 31.2 Å². The van der Waals surface area contributed by atoms with Crippen LogP contribution in [0.3, 0.4) is 0 Å². The lowest BCUT2D eigenvalue weighted by molar-refractivity contribution is -0.193. The van der Waals surface area contributed by atoms with E-state index in [4.69, 9.17) is 20.3 Å². The summed E-state index contributed by atoms with van der Waals surface area (Å²) in [5.74, 6) is 1.83. The Morgan fingerprint density at radius 2 is 1.44 bits per heavy atom. The molecule has 0 aliphatic heterocycles. The topological polar surface area (TPSA) is 61.8 Å². The fraction of sp³-hybridized carbons (Fsp3) is 0.857. The summed E-state index contributed by atoms with van der Waals surface area (Å²) in [6.07, 6.45) is 9.58. The number of fused-ring (bicyclic) bond motifs is 1. The average molecular weight is 493 g/mol. The predicted octanol–water partition coefficient (Wildman–Crippen LogP) is 6.51. The minimum absolute atomic E-state index is 0.0813. The Morgan fingerprint density at radius 3 is 1.85 bits per heavy atom. The average Bonchev–Trinajstić information content (AvgIpc) is 2.77. The summed E-state index contributed by atoms with van der Waals surface area (Å²) in [5.41, 5.74) is -0.453. The van der Waals surface area contributed by atoms with Crippen LogP contribution in [-0.2, 0) is 23.5 Å². The number of rotatable bonds is 9. The highest BCUT2D eigenvalue weighted by Gasteiger charge is 2.65. The second kappa shape index (κ2) is 11.2. The van der Waals surface area contributed by atoms with Gasteiger partial charge in [0.05, 0.1) is 13.2 Å². The van der Waals surface area contributed by atoms with Crippen LogP contribution < -0.4 is 0 Å². The molecular formula is C28H48O5Si. The van der Waals surface area contributed by atoms with Gasteiger partial charge in [-0.3, -0.25) is 9.59 Å². The van der Waals surface area contributed by atoms with Crippen LogP contribution in [0.5, 0.6) is 0 Å². The van der Waals surface area contributed by atoms with Crippen LogP contribution >= 0.6 is 0 Å². The van der Waals surface area contributed by atoms with Gasteiger partial charge in [-0.25, -0.2) is 0 Å². The molecule has 5 nitrogen and oxygen atoms in total. The number of terminal acetylenes is 1. The van der Waals surface area contributed by atoms with Crippen molar-refractivity contribution >= 4 is 20.3 Å². The van der Waals surface area contributed by atoms with E-state index < -0.39 is 31.1 Å². The lowest BCUT2D eigenvalue weighted by Crippen LogP contribution is -2.62. The lowest BCUT2D eigenvalue weighted by Gasteiger charge is -2.57. The number of ether oxygens (including phenoxy) is 2. The summed E-state index contributed by atoms with van der Waals surface area (Å²) in [5, 5.41) is 0. The Labute approximate surface area is 209 Å². The lowest BCUT2D eigenvalue weighted by atomic mass is 9.48. The van der Waals surface area contributed by atoms with E-state index in [1.165, 1.54) is 0 Å². The van der Waals surface area contributed by atoms with E-state index in [1.54, 1.807) is 13.8 Å². The Balaban J connectivity index is 2.66. The molecule has 0 bridgehead atoms. The third kappa shape index (κ3) is 4.72. The fourth-order valence-corrected chi connectivity index (χ4v) is 13.1. The number of carbonyl (C=O) groups is 2. The molecule has 2 fully saturated rings. The highest BCUT2D eigenvalue weighted by molar-refractivity contribution is 6.77. The third-order valence-electron chi connectivity index (χ3n) is 8.92. The Hall–Kier alpha value is -1.32. The maximum Gasteiger partial charge on any atom is 0.323 e. The van der Waals surface area contributed by atoms with Gasteiger partial charge < -0.3 is 13.9 Å². The standard InChI is InChI=1S/C28H48O5Si/c1-11-27(10)17-18-28(25(29)31-12-2,26(30)32-13-3)22-15-14-16-23(24(22)27)33-34(19(4)5,20(6)7)21(8)9/h1,19-24H,12-18H2,2-10H3/t22-,23-,24-,27-/m0/s1. The molecular weight excluding hydrogens is 444 g/mol. The molecule has 0 aromatic rings. The number of esters is 2. The maximum atomic E-state index is 13.5. The minimum atomic E-state index is -2.20. The van der Waals surface area contributed by atoms with Crippen LogP contribution in [-0.4, -0.2) is 39.6 Å². The van der Waals surface area contributed by atoms with Crippen molar-refractivity contribution in [2.75, 3.05) is 13.2 Å². The van der Waals surface area contributed by atoms with Gasteiger partial charge in [0.15, 0.2) is 5.41 Å². The van der Waals surface area contributed by atoms with Gasteiger partial charge in [0.25, 0.3) is 0 Å². The Morgan fingerprint density at radius 1 is 0.941 bits per heavy atom. The molecule has 0 radical (unpaired) electrons. The van der Waals surface area contributed by atoms with Gasteiger partial charge in [0, 0.05) is 17.4 Å². The first kappa shape index (κ1) is 28.9. The van der Waals surface area contributed by atoms with Crippen LogP contribution in [0.15, 0.2) is 0 Å². The summed E-state index contributed by atoms with van der Waals surface area (Å²) in [6, 6.07) is 0. The van der Waals surface area contributed by atoms with Crippen molar-refractivity contribution < 1.29 is 23.5 Å². The summed E-state index contributed by atoms with van der Waals surface area (Å²) < 4.78 is 18.4. The zero-order valence-corrected chi connectivity index (χ0v) is 24.0. The number of carbonyl (C=O) groups excluding carboxylic acids is 2. The minimum Gasteiger partial charge on any atom is -0.465 e. The molecule has 34 heavy (non-hydrogen) atoms. The van der Waals surface area contributed by atoms with Crippen molar-refractivity contribution in [1.82, 2.24) is 0 Å². The van der Waals surface area contributed by atoms with Crippen LogP contribution in [0.25, 0.3) is 0 Å². The quantitative estimate of drug-likeness (QED) is 0.159. The monoisotopic (exact) mass is 492 g/mol. The first-order chi connectivity index (χ1) is 15.9. The molecule has 6 heteroatoms. The van der Waals surface area contributed by atoms with Crippen molar-refractivity contribution in [3.8, 4) is 12.3 Å². The van der Waals surface area contributed by atoms with Crippen molar-refractivity contribution in [3.63, 3.8) is 0 Å². The third-order valence-corrected chi connectivity index (χ3v) is 15.0. The molecule has 0 amide bonds. The van der Waals surface area contributed by atoms with E-state index in [1.807, 2.05) is 0 Å². The summed E-state index contributed by atoms with van der Waals surface area (Å²) in [4.78, 5) is 27.0. The summed E-state index contributed by atoms with van der Waals surface area (Å²) in [6.45, 7) is 19.9. The summed E-state index contributed by atoms with van der Waals surface area (Å²) >= 11 is 0. The van der Waals surface area contributed by atoms with Crippen LogP contribution in [0, 0.1) is 35.0 Å². The molecule has 2 saturated carbocycles. The van der Waals surface area contributed by atoms with Gasteiger partial charge >= 0.3 is 11.9 Å². The van der Waals surface area contributed by atoms with E-state index in [2.05, 4.69) is 54.4 Å². The molecule has 2 aliphatic carbocycles. The van der Waals surface area contributed by atoms with Gasteiger partial charge in [-0.1, -0.05) is 53.9 Å². The molecule has 0 unspecified atom stereocenters. The van der Waals surface area contributed by atoms with E-state index in [0.717, 1.165) is 19.3 Å². The maximum absolute atomic E-state index is 13.5. The van der Waals surface area contributed by atoms with E-state index in [0.29, 0.717) is 29.5 Å².